The summed E-state index contributed by atoms with van der Waals surface area (Å²) in [6.45, 7) is 0.251. The number of carbonyl (C=O) groups excluding carboxylic acids is 1. The van der Waals surface area contributed by atoms with E-state index in [1.165, 1.54) is 0 Å². The molecule has 0 radical (unpaired) electrons. The van der Waals surface area contributed by atoms with Gasteiger partial charge in [0.05, 0.1) is 10.5 Å². The first kappa shape index (κ1) is 15.5. The number of amides is 1. The molecule has 1 heterocycles. The Bertz CT molecular complexity index is 641. The maximum absolute atomic E-state index is 12.9. The average Bonchev–Trinajstić information content (AvgIpc) is 2.60. The molecule has 1 spiro atoms. The lowest BCUT2D eigenvalue weighted by molar-refractivity contribution is -0.121. The molecular formula is C17H23NO3S. The van der Waals surface area contributed by atoms with E-state index in [-0.39, 0.29) is 30.5 Å². The van der Waals surface area contributed by atoms with Crippen LogP contribution in [0.2, 0.25) is 0 Å². The zero-order valence-electron chi connectivity index (χ0n) is 12.8. The molecule has 2 fully saturated rings. The Balaban J connectivity index is 1.97. The van der Waals surface area contributed by atoms with Crippen LogP contribution >= 0.6 is 0 Å². The van der Waals surface area contributed by atoms with Crippen molar-refractivity contribution in [2.24, 2.45) is 5.92 Å². The number of carbonyl (C=O) groups is 1. The Morgan fingerprint density at radius 2 is 1.95 bits per heavy atom. The standard InChI is InChI=1S/C17H23NO3S/c19-16-13-17(22(20,21)11-10-18-16)9-5-4-8-15(17)12-14-6-2-1-3-7-14/h1-3,6-7,15H,4-5,8-13H2,(H,18,19)/t15-,17-/m1/s1. The van der Waals surface area contributed by atoms with Gasteiger partial charge in [0.1, 0.15) is 0 Å². The molecule has 0 bridgehead atoms. The van der Waals surface area contributed by atoms with Crippen molar-refractivity contribution in [2.45, 2.75) is 43.3 Å². The normalized spacial score (nSPS) is 31.5. The molecule has 2 atom stereocenters. The summed E-state index contributed by atoms with van der Waals surface area (Å²) in [5.74, 6) is 0.00264. The summed E-state index contributed by atoms with van der Waals surface area (Å²) in [6, 6.07) is 10.0. The van der Waals surface area contributed by atoms with Crippen molar-refractivity contribution in [3.8, 4) is 0 Å². The predicted molar refractivity (Wildman–Crippen MR) is 86.2 cm³/mol. The van der Waals surface area contributed by atoms with Gasteiger partial charge >= 0.3 is 0 Å². The monoisotopic (exact) mass is 321 g/mol. The van der Waals surface area contributed by atoms with Crippen LogP contribution in [-0.4, -0.2) is 31.4 Å². The smallest absolute Gasteiger partial charge is 0.221 e. The van der Waals surface area contributed by atoms with E-state index in [2.05, 4.69) is 5.32 Å². The Morgan fingerprint density at radius 3 is 2.73 bits per heavy atom. The van der Waals surface area contributed by atoms with E-state index in [0.717, 1.165) is 31.2 Å². The molecule has 22 heavy (non-hydrogen) atoms. The van der Waals surface area contributed by atoms with Gasteiger partial charge in [-0.2, -0.15) is 0 Å². The Kier molecular flexibility index (Phi) is 4.26. The lowest BCUT2D eigenvalue weighted by Gasteiger charge is -2.42. The third-order valence-corrected chi connectivity index (χ3v) is 7.91. The number of nitrogens with one attached hydrogen (secondary N) is 1. The molecule has 1 aromatic carbocycles. The quantitative estimate of drug-likeness (QED) is 0.907. The topological polar surface area (TPSA) is 63.2 Å². The summed E-state index contributed by atoms with van der Waals surface area (Å²) in [4.78, 5) is 12.1. The van der Waals surface area contributed by atoms with E-state index >= 15 is 0 Å². The van der Waals surface area contributed by atoms with Gasteiger partial charge in [0, 0.05) is 13.0 Å². The fraction of sp³-hybridized carbons (Fsp3) is 0.588. The highest BCUT2D eigenvalue weighted by Crippen LogP contribution is 2.45. The van der Waals surface area contributed by atoms with E-state index < -0.39 is 14.6 Å². The third-order valence-electron chi connectivity index (χ3n) is 5.24. The van der Waals surface area contributed by atoms with Crippen molar-refractivity contribution in [2.75, 3.05) is 12.3 Å². The van der Waals surface area contributed by atoms with E-state index in [1.54, 1.807) is 0 Å². The van der Waals surface area contributed by atoms with E-state index in [4.69, 9.17) is 0 Å². The van der Waals surface area contributed by atoms with Crippen molar-refractivity contribution in [3.63, 3.8) is 0 Å². The molecule has 1 N–H and O–H groups in total. The van der Waals surface area contributed by atoms with Crippen LogP contribution in [0.25, 0.3) is 0 Å². The molecule has 2 aliphatic rings. The van der Waals surface area contributed by atoms with Crippen molar-refractivity contribution in [1.82, 2.24) is 5.32 Å². The lowest BCUT2D eigenvalue weighted by Crippen LogP contribution is -2.50. The van der Waals surface area contributed by atoms with Crippen LogP contribution in [0.1, 0.15) is 37.7 Å². The molecule has 1 aliphatic carbocycles. The highest BCUT2D eigenvalue weighted by Gasteiger charge is 2.52. The van der Waals surface area contributed by atoms with Gasteiger partial charge in [-0.15, -0.1) is 0 Å². The van der Waals surface area contributed by atoms with E-state index in [0.29, 0.717) is 6.42 Å². The number of hydrogen-bond donors (Lipinski definition) is 1. The molecule has 1 saturated heterocycles. The third kappa shape index (κ3) is 2.78. The second-order valence-electron chi connectivity index (χ2n) is 6.54. The SMILES string of the molecule is O=C1C[C@@]2(CCCC[C@@H]2Cc2ccccc2)S(=O)(=O)CCN1. The van der Waals surface area contributed by atoms with E-state index in [1.807, 2.05) is 30.3 Å². The summed E-state index contributed by atoms with van der Waals surface area (Å²) >= 11 is 0. The zero-order chi connectivity index (χ0) is 15.6. The largest absolute Gasteiger partial charge is 0.355 e. The summed E-state index contributed by atoms with van der Waals surface area (Å²) in [7, 11) is -3.27. The maximum atomic E-state index is 12.9. The van der Waals surface area contributed by atoms with Gasteiger partial charge in [-0.05, 0) is 30.7 Å². The highest BCUT2D eigenvalue weighted by atomic mass is 32.2. The molecule has 1 saturated carbocycles. The van der Waals surface area contributed by atoms with Gasteiger partial charge in [0.2, 0.25) is 5.91 Å². The molecule has 3 rings (SSSR count). The van der Waals surface area contributed by atoms with Crippen LogP contribution in [0, 0.1) is 5.92 Å². The Morgan fingerprint density at radius 1 is 1.18 bits per heavy atom. The molecular weight excluding hydrogens is 298 g/mol. The minimum atomic E-state index is -3.27. The van der Waals surface area contributed by atoms with Crippen LogP contribution in [-0.2, 0) is 21.1 Å². The first-order valence-electron chi connectivity index (χ1n) is 8.06. The zero-order valence-corrected chi connectivity index (χ0v) is 13.6. The van der Waals surface area contributed by atoms with Crippen molar-refractivity contribution < 1.29 is 13.2 Å². The van der Waals surface area contributed by atoms with E-state index in [9.17, 15) is 13.2 Å². The molecule has 120 valence electrons. The first-order chi connectivity index (χ1) is 10.5. The second-order valence-corrected chi connectivity index (χ2v) is 8.99. The number of hydrogen-bond acceptors (Lipinski definition) is 3. The van der Waals surface area contributed by atoms with Crippen LogP contribution < -0.4 is 5.32 Å². The van der Waals surface area contributed by atoms with Crippen molar-refractivity contribution >= 4 is 15.7 Å². The van der Waals surface area contributed by atoms with Crippen LogP contribution in [0.3, 0.4) is 0 Å². The molecule has 4 nitrogen and oxygen atoms in total. The van der Waals surface area contributed by atoms with Gasteiger partial charge in [-0.1, -0.05) is 43.2 Å². The highest BCUT2D eigenvalue weighted by molar-refractivity contribution is 7.92. The van der Waals surface area contributed by atoms with Gasteiger partial charge in [-0.3, -0.25) is 4.79 Å². The summed E-state index contributed by atoms with van der Waals surface area (Å²) in [5, 5.41) is 2.74. The second kappa shape index (κ2) is 6.03. The minimum absolute atomic E-state index is 0.0394. The minimum Gasteiger partial charge on any atom is -0.355 e. The number of sulfone groups is 1. The predicted octanol–water partition coefficient (Wildman–Crippen LogP) is 2.09. The maximum Gasteiger partial charge on any atom is 0.221 e. The van der Waals surface area contributed by atoms with Crippen LogP contribution in [0.15, 0.2) is 30.3 Å². The van der Waals surface area contributed by atoms with Crippen molar-refractivity contribution in [1.29, 1.82) is 0 Å². The molecule has 1 amide bonds. The number of rotatable bonds is 2. The number of benzene rings is 1. The van der Waals surface area contributed by atoms with Gasteiger partial charge in [-0.25, -0.2) is 8.42 Å². The summed E-state index contributed by atoms with van der Waals surface area (Å²) in [5.41, 5.74) is 1.16. The Hall–Kier alpha value is -1.36. The molecule has 0 unspecified atom stereocenters. The summed E-state index contributed by atoms with van der Waals surface area (Å²) in [6.07, 6.45) is 4.34. The fourth-order valence-corrected chi connectivity index (χ4v) is 6.38. The van der Waals surface area contributed by atoms with Crippen LogP contribution in [0.5, 0.6) is 0 Å². The molecule has 1 aromatic rings. The average molecular weight is 321 g/mol. The lowest BCUT2D eigenvalue weighted by atomic mass is 9.73. The van der Waals surface area contributed by atoms with Gasteiger partial charge < -0.3 is 5.32 Å². The van der Waals surface area contributed by atoms with Crippen molar-refractivity contribution in [3.05, 3.63) is 35.9 Å². The van der Waals surface area contributed by atoms with Gasteiger partial charge in [0.15, 0.2) is 9.84 Å². The first-order valence-corrected chi connectivity index (χ1v) is 9.72. The molecule has 0 aromatic heterocycles. The van der Waals surface area contributed by atoms with Gasteiger partial charge in [0.25, 0.3) is 0 Å². The Labute approximate surface area is 132 Å². The molecule has 5 heteroatoms. The molecule has 1 aliphatic heterocycles. The fourth-order valence-electron chi connectivity index (χ4n) is 4.08. The van der Waals surface area contributed by atoms with Crippen LogP contribution in [0.4, 0.5) is 0 Å². The summed E-state index contributed by atoms with van der Waals surface area (Å²) < 4.78 is 25.0.